The summed E-state index contributed by atoms with van der Waals surface area (Å²) in [7, 11) is 0. The van der Waals surface area contributed by atoms with Crippen molar-refractivity contribution < 1.29 is 14.0 Å². The van der Waals surface area contributed by atoms with Gasteiger partial charge in [-0.25, -0.2) is 4.39 Å². The second-order valence-electron chi connectivity index (χ2n) is 7.65. The van der Waals surface area contributed by atoms with Crippen molar-refractivity contribution in [3.8, 4) is 0 Å². The standard InChI is InChI=1S/C22H23ClFN3O2/c1-15-2-4-17(5-3-15)25-8-10-26(11-9-25)22(29)16-12-21(28)27(14-16)18-6-7-20(24)19(23)13-18/h2-7,13,16H,8-12,14H2,1H3/t16-/m1/s1. The maximum atomic E-state index is 13.4. The predicted octanol–water partition coefficient (Wildman–Crippen LogP) is 3.49. The van der Waals surface area contributed by atoms with Gasteiger partial charge in [0.05, 0.1) is 10.9 Å². The lowest BCUT2D eigenvalue weighted by Gasteiger charge is -2.37. The van der Waals surface area contributed by atoms with Crippen molar-refractivity contribution in [2.45, 2.75) is 13.3 Å². The number of halogens is 2. The summed E-state index contributed by atoms with van der Waals surface area (Å²) < 4.78 is 13.4. The first kappa shape index (κ1) is 19.7. The van der Waals surface area contributed by atoms with Gasteiger partial charge < -0.3 is 14.7 Å². The van der Waals surface area contributed by atoms with Gasteiger partial charge in [0.2, 0.25) is 11.8 Å². The van der Waals surface area contributed by atoms with Gasteiger partial charge in [-0.1, -0.05) is 29.3 Å². The third-order valence-electron chi connectivity index (χ3n) is 5.68. The molecular formula is C22H23ClFN3O2. The molecule has 0 unspecified atom stereocenters. The number of aryl methyl sites for hydroxylation is 1. The van der Waals surface area contributed by atoms with E-state index < -0.39 is 5.82 Å². The summed E-state index contributed by atoms with van der Waals surface area (Å²) in [5.74, 6) is -1.03. The predicted molar refractivity (Wildman–Crippen MR) is 112 cm³/mol. The van der Waals surface area contributed by atoms with Gasteiger partial charge >= 0.3 is 0 Å². The Hall–Kier alpha value is -2.60. The number of amides is 2. The van der Waals surface area contributed by atoms with E-state index in [1.807, 2.05) is 4.90 Å². The highest BCUT2D eigenvalue weighted by Crippen LogP contribution is 2.29. The quantitative estimate of drug-likeness (QED) is 0.770. The van der Waals surface area contributed by atoms with Crippen LogP contribution in [-0.4, -0.2) is 49.4 Å². The largest absolute Gasteiger partial charge is 0.368 e. The zero-order valence-electron chi connectivity index (χ0n) is 16.3. The average molecular weight is 416 g/mol. The highest BCUT2D eigenvalue weighted by Gasteiger charge is 2.38. The first-order chi connectivity index (χ1) is 13.9. The lowest BCUT2D eigenvalue weighted by molar-refractivity contribution is -0.136. The minimum absolute atomic E-state index is 0.0117. The monoisotopic (exact) mass is 415 g/mol. The van der Waals surface area contributed by atoms with E-state index in [1.165, 1.54) is 28.7 Å². The first-order valence-corrected chi connectivity index (χ1v) is 10.2. The van der Waals surface area contributed by atoms with Crippen LogP contribution in [-0.2, 0) is 9.59 Å². The van der Waals surface area contributed by atoms with Gasteiger partial charge in [0.15, 0.2) is 0 Å². The number of benzene rings is 2. The normalized spacial score (nSPS) is 19.8. The van der Waals surface area contributed by atoms with Crippen molar-refractivity contribution in [1.29, 1.82) is 0 Å². The molecule has 0 radical (unpaired) electrons. The van der Waals surface area contributed by atoms with Crippen LogP contribution in [0.1, 0.15) is 12.0 Å². The van der Waals surface area contributed by atoms with Crippen LogP contribution in [0.5, 0.6) is 0 Å². The number of piperazine rings is 1. The minimum Gasteiger partial charge on any atom is -0.368 e. The van der Waals surface area contributed by atoms with Crippen LogP contribution < -0.4 is 9.80 Å². The van der Waals surface area contributed by atoms with Gasteiger partial charge in [0.1, 0.15) is 5.82 Å². The molecule has 152 valence electrons. The molecule has 5 nitrogen and oxygen atoms in total. The van der Waals surface area contributed by atoms with Crippen molar-refractivity contribution >= 4 is 34.8 Å². The van der Waals surface area contributed by atoms with E-state index in [0.29, 0.717) is 25.3 Å². The molecule has 0 spiro atoms. The third kappa shape index (κ3) is 4.08. The zero-order valence-corrected chi connectivity index (χ0v) is 17.0. The highest BCUT2D eigenvalue weighted by molar-refractivity contribution is 6.31. The van der Waals surface area contributed by atoms with Gasteiger partial charge in [0.25, 0.3) is 0 Å². The average Bonchev–Trinajstić information content (AvgIpc) is 3.12. The second kappa shape index (κ2) is 8.03. The number of hydrogen-bond acceptors (Lipinski definition) is 3. The lowest BCUT2D eigenvalue weighted by Crippen LogP contribution is -2.50. The van der Waals surface area contributed by atoms with Gasteiger partial charge in [-0.05, 0) is 37.3 Å². The summed E-state index contributed by atoms with van der Waals surface area (Å²) in [5.41, 5.74) is 2.92. The first-order valence-electron chi connectivity index (χ1n) is 9.78. The smallest absolute Gasteiger partial charge is 0.228 e. The Morgan fingerprint density at radius 1 is 1.03 bits per heavy atom. The Kier molecular flexibility index (Phi) is 5.46. The van der Waals surface area contributed by atoms with Crippen LogP contribution in [0.15, 0.2) is 42.5 Å². The minimum atomic E-state index is -0.527. The second-order valence-corrected chi connectivity index (χ2v) is 8.06. The Balaban J connectivity index is 1.37. The Morgan fingerprint density at radius 2 is 1.69 bits per heavy atom. The van der Waals surface area contributed by atoms with E-state index in [-0.39, 0.29) is 29.2 Å². The molecule has 7 heteroatoms. The number of hydrogen-bond donors (Lipinski definition) is 0. The van der Waals surface area contributed by atoms with E-state index >= 15 is 0 Å². The highest BCUT2D eigenvalue weighted by atomic mass is 35.5. The van der Waals surface area contributed by atoms with Crippen LogP contribution in [0.25, 0.3) is 0 Å². The molecule has 0 bridgehead atoms. The summed E-state index contributed by atoms with van der Waals surface area (Å²) >= 11 is 5.84. The molecule has 29 heavy (non-hydrogen) atoms. The molecule has 2 amide bonds. The SMILES string of the molecule is Cc1ccc(N2CCN(C(=O)[C@@H]3CC(=O)N(c4ccc(F)c(Cl)c4)C3)CC2)cc1. The van der Waals surface area contributed by atoms with E-state index in [9.17, 15) is 14.0 Å². The van der Waals surface area contributed by atoms with Gasteiger partial charge in [0, 0.05) is 50.5 Å². The van der Waals surface area contributed by atoms with Gasteiger partial charge in [-0.2, -0.15) is 0 Å². The van der Waals surface area contributed by atoms with Gasteiger partial charge in [-0.3, -0.25) is 9.59 Å². The number of rotatable bonds is 3. The van der Waals surface area contributed by atoms with Crippen molar-refractivity contribution in [3.05, 3.63) is 58.9 Å². The lowest BCUT2D eigenvalue weighted by atomic mass is 10.1. The van der Waals surface area contributed by atoms with Crippen molar-refractivity contribution in [2.24, 2.45) is 5.92 Å². The summed E-state index contributed by atoms with van der Waals surface area (Å²) in [6.07, 6.45) is 0.173. The molecule has 0 aliphatic carbocycles. The third-order valence-corrected chi connectivity index (χ3v) is 5.97. The summed E-state index contributed by atoms with van der Waals surface area (Å²) in [5, 5.41) is -0.0303. The number of nitrogens with zero attached hydrogens (tertiary/aromatic N) is 3. The summed E-state index contributed by atoms with van der Waals surface area (Å²) in [6.45, 7) is 5.18. The Morgan fingerprint density at radius 3 is 2.34 bits per heavy atom. The summed E-state index contributed by atoms with van der Waals surface area (Å²) in [6, 6.07) is 12.6. The van der Waals surface area contributed by atoms with Crippen molar-refractivity contribution in [2.75, 3.05) is 42.5 Å². The van der Waals surface area contributed by atoms with Crippen LogP contribution in [0.3, 0.4) is 0 Å². The topological polar surface area (TPSA) is 43.9 Å². The molecular weight excluding hydrogens is 393 g/mol. The molecule has 2 heterocycles. The maximum absolute atomic E-state index is 13.4. The molecule has 2 saturated heterocycles. The molecule has 0 saturated carbocycles. The van der Waals surface area contributed by atoms with Gasteiger partial charge in [-0.15, -0.1) is 0 Å². The van der Waals surface area contributed by atoms with Crippen molar-refractivity contribution in [1.82, 2.24) is 4.90 Å². The molecule has 2 aromatic carbocycles. The van der Waals surface area contributed by atoms with E-state index in [2.05, 4.69) is 36.1 Å². The molecule has 1 atom stereocenters. The Bertz CT molecular complexity index is 926. The van der Waals surface area contributed by atoms with Crippen LogP contribution in [0.2, 0.25) is 5.02 Å². The Labute approximate surface area is 174 Å². The summed E-state index contributed by atoms with van der Waals surface area (Å²) in [4.78, 5) is 31.1. The van der Waals surface area contributed by atoms with Crippen LogP contribution >= 0.6 is 11.6 Å². The zero-order chi connectivity index (χ0) is 20.5. The number of carbonyl (C=O) groups is 2. The van der Waals surface area contributed by atoms with Crippen LogP contribution in [0, 0.1) is 18.7 Å². The molecule has 2 aromatic rings. The number of carbonyl (C=O) groups excluding carboxylic acids is 2. The fraction of sp³-hybridized carbons (Fsp3) is 0.364. The molecule has 0 N–H and O–H groups in total. The fourth-order valence-electron chi connectivity index (χ4n) is 3.97. The fourth-order valence-corrected chi connectivity index (χ4v) is 4.15. The van der Waals surface area contributed by atoms with E-state index in [0.717, 1.165) is 18.8 Å². The van der Waals surface area contributed by atoms with Crippen LogP contribution in [0.4, 0.5) is 15.8 Å². The van der Waals surface area contributed by atoms with E-state index in [1.54, 1.807) is 0 Å². The molecule has 0 aromatic heterocycles. The maximum Gasteiger partial charge on any atom is 0.228 e. The van der Waals surface area contributed by atoms with E-state index in [4.69, 9.17) is 11.6 Å². The molecule has 2 aliphatic heterocycles. The van der Waals surface area contributed by atoms with Crippen molar-refractivity contribution in [3.63, 3.8) is 0 Å². The number of anilines is 2. The molecule has 2 aliphatic rings. The molecule has 4 rings (SSSR count). The molecule has 2 fully saturated rings.